The first kappa shape index (κ1) is 26.6. The van der Waals surface area contributed by atoms with Gasteiger partial charge in [-0.1, -0.05) is 33.4 Å². The number of nitrogens with one attached hydrogen (secondary N) is 1. The Labute approximate surface area is 206 Å². The highest BCUT2D eigenvalue weighted by atomic mass is 28.4. The zero-order chi connectivity index (χ0) is 26.1. The smallest absolute Gasteiger partial charge is 0.421 e. The van der Waals surface area contributed by atoms with Crippen LogP contribution in [0.1, 0.15) is 44.5 Å². The highest BCUT2D eigenvalue weighted by Crippen LogP contribution is 2.39. The largest absolute Gasteiger partial charge is 0.482 e. The van der Waals surface area contributed by atoms with Gasteiger partial charge in [0.2, 0.25) is 5.91 Å². The third-order valence-corrected chi connectivity index (χ3v) is 11.5. The molecule has 2 aliphatic rings. The van der Waals surface area contributed by atoms with Crippen LogP contribution in [0.2, 0.25) is 18.1 Å². The van der Waals surface area contributed by atoms with Gasteiger partial charge < -0.3 is 19.2 Å². The summed E-state index contributed by atoms with van der Waals surface area (Å²) in [6, 6.07) is 4.20. The number of rotatable bonds is 8. The molecule has 1 aromatic carbocycles. The van der Waals surface area contributed by atoms with E-state index in [1.165, 1.54) is 12.1 Å². The topological polar surface area (TPSA) is 111 Å². The summed E-state index contributed by atoms with van der Waals surface area (Å²) in [6.07, 6.45) is 0.262. The van der Waals surface area contributed by atoms with Crippen molar-refractivity contribution >= 4 is 37.7 Å². The molecule has 1 fully saturated rings. The number of anilines is 1. The van der Waals surface area contributed by atoms with Gasteiger partial charge >= 0.3 is 6.09 Å². The number of Topliss-reactive ketones (excluding diaryl/α,β-unsaturated/α-hetero) is 1. The lowest BCUT2D eigenvalue weighted by Crippen LogP contribution is -2.64. The third kappa shape index (κ3) is 5.48. The van der Waals surface area contributed by atoms with Crippen LogP contribution in [0.25, 0.3) is 0 Å². The lowest BCUT2D eigenvalue weighted by molar-refractivity contribution is -0.139. The lowest BCUT2D eigenvalue weighted by Gasteiger charge is -2.45. The summed E-state index contributed by atoms with van der Waals surface area (Å²) in [5.41, 5.74) is 0.437. The van der Waals surface area contributed by atoms with Gasteiger partial charge in [0, 0.05) is 12.0 Å². The Morgan fingerprint density at radius 2 is 2.00 bits per heavy atom. The first-order chi connectivity index (χ1) is 16.3. The van der Waals surface area contributed by atoms with Gasteiger partial charge in [-0.3, -0.25) is 14.4 Å². The number of amides is 3. The Kier molecular flexibility index (Phi) is 7.56. The van der Waals surface area contributed by atoms with Crippen LogP contribution < -0.4 is 15.0 Å². The summed E-state index contributed by atoms with van der Waals surface area (Å²) in [5.74, 6) is -1.10. The minimum atomic E-state index is -2.09. The van der Waals surface area contributed by atoms with Gasteiger partial charge in [-0.15, -0.1) is 0 Å². The summed E-state index contributed by atoms with van der Waals surface area (Å²) < 4.78 is 16.8. The van der Waals surface area contributed by atoms with Gasteiger partial charge in [0.25, 0.3) is 5.91 Å². The predicted molar refractivity (Wildman–Crippen MR) is 133 cm³/mol. The molecule has 3 amide bonds. The zero-order valence-corrected chi connectivity index (χ0v) is 22.2. The van der Waals surface area contributed by atoms with E-state index in [0.29, 0.717) is 11.3 Å². The van der Waals surface area contributed by atoms with Crippen LogP contribution in [-0.2, 0) is 18.8 Å². The van der Waals surface area contributed by atoms with Crippen LogP contribution in [0.5, 0.6) is 5.75 Å². The fourth-order valence-electron chi connectivity index (χ4n) is 3.93. The van der Waals surface area contributed by atoms with Crippen molar-refractivity contribution in [2.45, 2.75) is 64.4 Å². The Balaban J connectivity index is 1.75. The van der Waals surface area contributed by atoms with Gasteiger partial charge in [-0.25, -0.2) is 9.69 Å². The van der Waals surface area contributed by atoms with Crippen molar-refractivity contribution in [2.75, 3.05) is 18.1 Å². The molecule has 1 N–H and O–H groups in total. The molecular formula is C25H34N2O7Si. The van der Waals surface area contributed by atoms with Gasteiger partial charge in [0.1, 0.15) is 12.4 Å². The minimum Gasteiger partial charge on any atom is -0.482 e. The van der Waals surface area contributed by atoms with Crippen LogP contribution in [0.15, 0.2) is 30.9 Å². The third-order valence-electron chi connectivity index (χ3n) is 6.89. The number of fused-ring (bicyclic) bond motifs is 1. The van der Waals surface area contributed by atoms with Gasteiger partial charge in [-0.05, 0) is 43.3 Å². The summed E-state index contributed by atoms with van der Waals surface area (Å²) in [4.78, 5) is 51.1. The van der Waals surface area contributed by atoms with Crippen LogP contribution in [0, 0.1) is 5.92 Å². The Morgan fingerprint density at radius 1 is 1.31 bits per heavy atom. The van der Waals surface area contributed by atoms with E-state index < -0.39 is 26.2 Å². The summed E-state index contributed by atoms with van der Waals surface area (Å²) in [7, 11) is -2.09. The van der Waals surface area contributed by atoms with Crippen molar-refractivity contribution in [1.82, 2.24) is 5.32 Å². The average molecular weight is 503 g/mol. The molecule has 0 radical (unpaired) electrons. The van der Waals surface area contributed by atoms with Crippen molar-refractivity contribution < 1.29 is 33.1 Å². The predicted octanol–water partition coefficient (Wildman–Crippen LogP) is 3.83. The SMILES string of the molecule is C=CCOC(=O)N1C(=O)COc2ccc(C(=O)C[C@H]3NC(=O)[C@@H]3[C@@H](C)O[Si](C)(C)C(C)(C)C)cc21. The van der Waals surface area contributed by atoms with Crippen molar-refractivity contribution in [1.29, 1.82) is 0 Å². The quantitative estimate of drug-likeness (QED) is 0.249. The number of ketones is 1. The second-order valence-electron chi connectivity index (χ2n) is 10.4. The molecule has 1 aromatic rings. The van der Waals surface area contributed by atoms with E-state index in [1.807, 2.05) is 6.92 Å². The molecule has 3 atom stereocenters. The molecule has 35 heavy (non-hydrogen) atoms. The number of hydrogen-bond acceptors (Lipinski definition) is 7. The number of carbonyl (C=O) groups excluding carboxylic acids is 4. The molecule has 0 bridgehead atoms. The van der Waals surface area contributed by atoms with E-state index >= 15 is 0 Å². The Morgan fingerprint density at radius 3 is 2.60 bits per heavy atom. The van der Waals surface area contributed by atoms with E-state index in [0.717, 1.165) is 4.90 Å². The standard InChI is InChI=1S/C25H34N2O7Si/c1-8-11-32-24(31)27-18-12-16(9-10-20(18)33-14-21(27)29)19(28)13-17-22(23(30)26-17)15(2)34-35(6,7)25(3,4)5/h8-10,12,15,17,22H,1,11,13-14H2,2-7H3,(H,26,30)/t15-,17-,22-/m1/s1. The number of nitrogens with zero attached hydrogens (tertiary/aromatic N) is 1. The Bertz CT molecular complexity index is 1050. The van der Waals surface area contributed by atoms with Crippen molar-refractivity contribution in [3.8, 4) is 5.75 Å². The van der Waals surface area contributed by atoms with Gasteiger partial charge in [0.05, 0.1) is 23.8 Å². The molecule has 0 spiro atoms. The summed E-state index contributed by atoms with van der Waals surface area (Å²) in [5, 5.41) is 2.82. The number of hydrogen-bond donors (Lipinski definition) is 1. The van der Waals surface area contributed by atoms with E-state index in [2.05, 4.69) is 45.8 Å². The molecule has 0 unspecified atom stereocenters. The molecule has 0 aromatic heterocycles. The van der Waals surface area contributed by atoms with Crippen molar-refractivity contribution in [3.05, 3.63) is 36.4 Å². The minimum absolute atomic E-state index is 0.00582. The van der Waals surface area contributed by atoms with Crippen molar-refractivity contribution in [3.63, 3.8) is 0 Å². The molecule has 2 heterocycles. The molecule has 9 nitrogen and oxygen atoms in total. The molecule has 3 rings (SSSR count). The van der Waals surface area contributed by atoms with Crippen LogP contribution >= 0.6 is 0 Å². The maximum absolute atomic E-state index is 13.1. The fraction of sp³-hybridized carbons (Fsp3) is 0.520. The van der Waals surface area contributed by atoms with Crippen LogP contribution in [-0.4, -0.2) is 57.4 Å². The number of β-lactam (4-membered cyclic amide) rings is 1. The van der Waals surface area contributed by atoms with Crippen LogP contribution in [0.4, 0.5) is 10.5 Å². The highest BCUT2D eigenvalue weighted by Gasteiger charge is 2.48. The van der Waals surface area contributed by atoms with E-state index in [9.17, 15) is 19.2 Å². The van der Waals surface area contributed by atoms with Crippen molar-refractivity contribution in [2.24, 2.45) is 5.92 Å². The molecule has 0 saturated carbocycles. The number of carbonyl (C=O) groups is 4. The molecule has 1 saturated heterocycles. The zero-order valence-electron chi connectivity index (χ0n) is 21.2. The molecule has 2 aliphatic heterocycles. The second-order valence-corrected chi connectivity index (χ2v) is 15.2. The monoisotopic (exact) mass is 502 g/mol. The number of ether oxygens (including phenoxy) is 2. The molecule has 10 heteroatoms. The molecule has 190 valence electrons. The van der Waals surface area contributed by atoms with Gasteiger partial charge in [-0.2, -0.15) is 0 Å². The first-order valence-electron chi connectivity index (χ1n) is 11.7. The second kappa shape index (κ2) is 9.94. The lowest BCUT2D eigenvalue weighted by atomic mass is 9.82. The maximum Gasteiger partial charge on any atom is 0.421 e. The Hall–Kier alpha value is -2.98. The summed E-state index contributed by atoms with van der Waals surface area (Å²) >= 11 is 0. The average Bonchev–Trinajstić information content (AvgIpc) is 2.75. The molecule has 0 aliphatic carbocycles. The maximum atomic E-state index is 13.1. The fourth-order valence-corrected chi connectivity index (χ4v) is 5.36. The number of benzene rings is 1. The number of imide groups is 1. The highest BCUT2D eigenvalue weighted by molar-refractivity contribution is 6.74. The van der Waals surface area contributed by atoms with E-state index in [4.69, 9.17) is 13.9 Å². The van der Waals surface area contributed by atoms with E-state index in [-0.39, 0.29) is 54.2 Å². The van der Waals surface area contributed by atoms with Gasteiger partial charge in [0.15, 0.2) is 20.7 Å². The molecular weight excluding hydrogens is 468 g/mol. The first-order valence-corrected chi connectivity index (χ1v) is 14.6. The van der Waals surface area contributed by atoms with E-state index in [1.54, 1.807) is 12.1 Å². The normalized spacial score (nSPS) is 20.7. The van der Waals surface area contributed by atoms with Crippen LogP contribution in [0.3, 0.4) is 0 Å². The summed E-state index contributed by atoms with van der Waals surface area (Å²) in [6.45, 7) is 15.7.